The minimum absolute atomic E-state index is 0.425. The molecule has 0 aliphatic carbocycles. The molecule has 4 N–H and O–H groups in total. The number of hydrogen-bond donors (Lipinski definition) is 4. The van der Waals surface area contributed by atoms with Crippen molar-refractivity contribution in [3.05, 3.63) is 24.3 Å². The highest BCUT2D eigenvalue weighted by Crippen LogP contribution is 2.02. The van der Waals surface area contributed by atoms with Gasteiger partial charge in [0, 0.05) is 0 Å². The first-order chi connectivity index (χ1) is 9.84. The molecule has 120 valence electrons. The van der Waals surface area contributed by atoms with E-state index in [-0.39, 0.29) is 0 Å². The van der Waals surface area contributed by atoms with Gasteiger partial charge in [-0.2, -0.15) is 0 Å². The van der Waals surface area contributed by atoms with Crippen molar-refractivity contribution in [3.63, 3.8) is 0 Å². The van der Waals surface area contributed by atoms with Crippen LogP contribution in [-0.4, -0.2) is 69.6 Å². The lowest BCUT2D eigenvalue weighted by molar-refractivity contribution is -0.135. The zero-order valence-electron chi connectivity index (χ0n) is 12.0. The van der Waals surface area contributed by atoms with E-state index in [0.717, 1.165) is 12.2 Å². The summed E-state index contributed by atoms with van der Waals surface area (Å²) in [5.74, 6) is -1.34. The summed E-state index contributed by atoms with van der Waals surface area (Å²) < 4.78 is 4.88. The van der Waals surface area contributed by atoms with Crippen LogP contribution in [-0.2, 0) is 14.3 Å². The highest BCUT2D eigenvalue weighted by atomic mass is 16.5. The molecule has 4 unspecified atom stereocenters. The first-order valence-electron chi connectivity index (χ1n) is 6.48. The quantitative estimate of drug-likeness (QED) is 0.371. The second-order valence-electron chi connectivity index (χ2n) is 4.37. The highest BCUT2D eigenvalue weighted by molar-refractivity contribution is 5.94. The van der Waals surface area contributed by atoms with Crippen LogP contribution in [0.3, 0.4) is 0 Å². The number of ether oxygens (including phenoxy) is 1. The number of carbonyl (C=O) groups excluding carboxylic acids is 2. The smallest absolute Gasteiger partial charge is 0.186 e. The third kappa shape index (κ3) is 7.26. The predicted molar refractivity (Wildman–Crippen MR) is 74.5 cm³/mol. The van der Waals surface area contributed by atoms with Crippen LogP contribution in [0.5, 0.6) is 0 Å². The molecule has 0 radical (unpaired) electrons. The maximum absolute atomic E-state index is 11.3. The lowest BCUT2D eigenvalue weighted by atomic mass is 10.1. The molecule has 0 aliphatic heterocycles. The predicted octanol–water partition coefficient (Wildman–Crippen LogP) is -1.26. The van der Waals surface area contributed by atoms with Gasteiger partial charge in [-0.05, 0) is 26.0 Å². The van der Waals surface area contributed by atoms with Crippen molar-refractivity contribution >= 4 is 11.6 Å². The van der Waals surface area contributed by atoms with Gasteiger partial charge in [0.15, 0.2) is 11.6 Å². The Hall–Kier alpha value is -1.38. The Morgan fingerprint density at radius 1 is 0.857 bits per heavy atom. The van der Waals surface area contributed by atoms with Crippen LogP contribution < -0.4 is 0 Å². The zero-order valence-corrected chi connectivity index (χ0v) is 12.0. The molecular weight excluding hydrogens is 280 g/mol. The Morgan fingerprint density at radius 2 is 1.19 bits per heavy atom. The Bertz CT molecular complexity index is 353. The first kappa shape index (κ1) is 19.6. The van der Waals surface area contributed by atoms with Gasteiger partial charge in [-0.1, -0.05) is 12.2 Å². The van der Waals surface area contributed by atoms with Gasteiger partial charge in [0.25, 0.3) is 0 Å². The Labute approximate surface area is 123 Å². The van der Waals surface area contributed by atoms with Crippen LogP contribution in [0.4, 0.5) is 0 Å². The van der Waals surface area contributed by atoms with E-state index in [0.29, 0.717) is 0 Å². The molecule has 0 aromatic rings. The van der Waals surface area contributed by atoms with E-state index < -0.39 is 49.2 Å². The van der Waals surface area contributed by atoms with Crippen LogP contribution in [0.15, 0.2) is 24.3 Å². The van der Waals surface area contributed by atoms with E-state index in [1.807, 2.05) is 0 Å². The van der Waals surface area contributed by atoms with E-state index in [9.17, 15) is 30.0 Å². The Morgan fingerprint density at radius 3 is 1.48 bits per heavy atom. The summed E-state index contributed by atoms with van der Waals surface area (Å²) in [6.45, 7) is 2.33. The second-order valence-corrected chi connectivity index (χ2v) is 4.37. The number of allylic oxidation sites excluding steroid dienone is 2. The maximum atomic E-state index is 11.3. The van der Waals surface area contributed by atoms with E-state index >= 15 is 0 Å². The van der Waals surface area contributed by atoms with Crippen molar-refractivity contribution in [2.75, 3.05) is 13.2 Å². The van der Waals surface area contributed by atoms with Crippen molar-refractivity contribution < 1.29 is 34.8 Å². The number of hydrogen-bond acceptors (Lipinski definition) is 7. The fourth-order valence-corrected chi connectivity index (χ4v) is 1.40. The molecule has 0 fully saturated rings. The van der Waals surface area contributed by atoms with Crippen molar-refractivity contribution in [1.82, 2.24) is 0 Å². The summed E-state index contributed by atoms with van der Waals surface area (Å²) in [5, 5.41) is 37.9. The molecule has 0 aromatic heterocycles. The van der Waals surface area contributed by atoms with Crippen LogP contribution in [0.1, 0.15) is 13.8 Å². The molecule has 0 amide bonds. The average molecular weight is 302 g/mol. The minimum Gasteiger partial charge on any atom is -0.388 e. The fourth-order valence-electron chi connectivity index (χ4n) is 1.40. The van der Waals surface area contributed by atoms with Crippen LogP contribution >= 0.6 is 0 Å². The summed E-state index contributed by atoms with van der Waals surface area (Å²) in [6, 6.07) is 0. The van der Waals surface area contributed by atoms with Crippen molar-refractivity contribution in [2.24, 2.45) is 0 Å². The molecule has 21 heavy (non-hydrogen) atoms. The molecule has 0 spiro atoms. The van der Waals surface area contributed by atoms with Gasteiger partial charge < -0.3 is 25.2 Å². The summed E-state index contributed by atoms with van der Waals surface area (Å²) in [7, 11) is 0. The molecule has 0 bridgehead atoms. The molecule has 7 heteroatoms. The van der Waals surface area contributed by atoms with E-state index in [1.54, 1.807) is 13.8 Å². The lowest BCUT2D eigenvalue weighted by Gasteiger charge is -2.19. The Kier molecular flexibility index (Phi) is 9.68. The van der Waals surface area contributed by atoms with Gasteiger partial charge in [0.05, 0.1) is 13.2 Å². The van der Waals surface area contributed by atoms with Gasteiger partial charge in [-0.3, -0.25) is 9.59 Å². The van der Waals surface area contributed by atoms with Gasteiger partial charge in [-0.15, -0.1) is 0 Å². The van der Waals surface area contributed by atoms with Gasteiger partial charge in [0.1, 0.15) is 24.4 Å². The SMILES string of the molecule is CC=CC(=O)C(O)C(O)COCC(O)C(O)C(=O)C=CC. The molecule has 7 nitrogen and oxygen atoms in total. The topological polar surface area (TPSA) is 124 Å². The largest absolute Gasteiger partial charge is 0.388 e. The number of aliphatic hydroxyl groups excluding tert-OH is 4. The number of rotatable bonds is 10. The lowest BCUT2D eigenvalue weighted by Crippen LogP contribution is -2.40. The molecule has 0 aromatic carbocycles. The van der Waals surface area contributed by atoms with E-state index in [4.69, 9.17) is 4.74 Å². The van der Waals surface area contributed by atoms with Gasteiger partial charge in [0.2, 0.25) is 0 Å². The molecule has 0 heterocycles. The zero-order chi connectivity index (χ0) is 16.4. The normalized spacial score (nSPS) is 17.8. The van der Waals surface area contributed by atoms with Crippen LogP contribution in [0.25, 0.3) is 0 Å². The molecule has 0 saturated heterocycles. The molecular formula is C14H22O7. The molecule has 0 rings (SSSR count). The van der Waals surface area contributed by atoms with Gasteiger partial charge in [-0.25, -0.2) is 0 Å². The van der Waals surface area contributed by atoms with Crippen molar-refractivity contribution in [3.8, 4) is 0 Å². The highest BCUT2D eigenvalue weighted by Gasteiger charge is 2.25. The van der Waals surface area contributed by atoms with Crippen LogP contribution in [0, 0.1) is 0 Å². The Balaban J connectivity index is 4.18. The maximum Gasteiger partial charge on any atom is 0.186 e. The van der Waals surface area contributed by atoms with Crippen molar-refractivity contribution in [1.29, 1.82) is 0 Å². The van der Waals surface area contributed by atoms with E-state index in [2.05, 4.69) is 0 Å². The summed E-state index contributed by atoms with van der Waals surface area (Å²) in [4.78, 5) is 22.5. The second kappa shape index (κ2) is 10.4. The summed E-state index contributed by atoms with van der Waals surface area (Å²) in [5.41, 5.74) is 0. The van der Waals surface area contributed by atoms with Crippen molar-refractivity contribution in [2.45, 2.75) is 38.3 Å². The molecule has 0 saturated carbocycles. The average Bonchev–Trinajstić information content (AvgIpc) is 2.45. The first-order valence-corrected chi connectivity index (χ1v) is 6.48. The van der Waals surface area contributed by atoms with E-state index in [1.165, 1.54) is 12.2 Å². The third-order valence-corrected chi connectivity index (χ3v) is 2.55. The minimum atomic E-state index is -1.63. The number of ketones is 2. The number of aliphatic hydroxyl groups is 4. The van der Waals surface area contributed by atoms with Gasteiger partial charge >= 0.3 is 0 Å². The van der Waals surface area contributed by atoms with Crippen LogP contribution in [0.2, 0.25) is 0 Å². The standard InChI is InChI=1S/C14H22O7/c1-3-5-9(15)13(19)11(17)7-21-8-12(18)14(20)10(16)6-4-2/h3-6,11-14,17-20H,7-8H2,1-2H3. The third-order valence-electron chi connectivity index (χ3n) is 2.55. The summed E-state index contributed by atoms with van der Waals surface area (Å²) >= 11 is 0. The molecule has 0 aliphatic rings. The monoisotopic (exact) mass is 302 g/mol. The summed E-state index contributed by atoms with van der Waals surface area (Å²) in [6.07, 6.45) is -1.13. The fraction of sp³-hybridized carbons (Fsp3) is 0.571. The number of carbonyl (C=O) groups is 2. The molecule has 4 atom stereocenters.